The molecule has 0 spiro atoms. The summed E-state index contributed by atoms with van der Waals surface area (Å²) >= 11 is 0. The van der Waals surface area contributed by atoms with Crippen LogP contribution in [-0.2, 0) is 9.59 Å². The Kier molecular flexibility index (Phi) is 9.92. The lowest BCUT2D eigenvalue weighted by Gasteiger charge is -2.11. The van der Waals surface area contributed by atoms with Crippen LogP contribution in [0.1, 0.15) is 0 Å². The number of nitrogens with one attached hydrogen (secondary N) is 2. The molecular weight excluding hydrogens is 284 g/mol. The van der Waals surface area contributed by atoms with E-state index in [1.807, 2.05) is 48.5 Å². The van der Waals surface area contributed by atoms with Crippen molar-refractivity contribution >= 4 is 12.2 Å². The highest BCUT2D eigenvalue weighted by atomic mass is 16.5. The molecular formula is C16H16N2O4. The van der Waals surface area contributed by atoms with Crippen molar-refractivity contribution in [1.82, 2.24) is 0 Å². The van der Waals surface area contributed by atoms with E-state index >= 15 is 0 Å². The molecule has 0 radical (unpaired) electrons. The van der Waals surface area contributed by atoms with Crippen LogP contribution in [0, 0.1) is 10.8 Å². The summed E-state index contributed by atoms with van der Waals surface area (Å²) in [4.78, 5) is 16.7. The van der Waals surface area contributed by atoms with Crippen LogP contribution < -0.4 is 9.47 Å². The Morgan fingerprint density at radius 1 is 0.727 bits per heavy atom. The Bertz CT molecular complexity index is 587. The van der Waals surface area contributed by atoms with Crippen LogP contribution in [0.3, 0.4) is 0 Å². The molecule has 6 heteroatoms. The van der Waals surface area contributed by atoms with Crippen LogP contribution in [0.4, 0.5) is 0 Å². The van der Waals surface area contributed by atoms with Crippen LogP contribution in [0.25, 0.3) is 11.1 Å². The highest BCUT2D eigenvalue weighted by Crippen LogP contribution is 2.35. The fourth-order valence-electron chi connectivity index (χ4n) is 1.73. The zero-order valence-electron chi connectivity index (χ0n) is 12.3. The molecule has 0 saturated carbocycles. The van der Waals surface area contributed by atoms with Crippen LogP contribution in [0.2, 0.25) is 0 Å². The number of isocyanates is 2. The normalized spacial score (nSPS) is 7.91. The topological polar surface area (TPSA) is 100 Å². The van der Waals surface area contributed by atoms with E-state index in [1.54, 1.807) is 14.2 Å². The molecule has 0 aromatic heterocycles. The van der Waals surface area contributed by atoms with Gasteiger partial charge in [0, 0.05) is 11.1 Å². The van der Waals surface area contributed by atoms with Crippen molar-refractivity contribution in [2.24, 2.45) is 0 Å². The second-order valence-electron chi connectivity index (χ2n) is 3.60. The maximum atomic E-state index is 8.35. The van der Waals surface area contributed by atoms with Crippen LogP contribution in [0.15, 0.2) is 48.5 Å². The number of para-hydroxylation sites is 2. The largest absolute Gasteiger partial charge is 0.496 e. The molecule has 0 atom stereocenters. The Morgan fingerprint density at radius 3 is 1.27 bits per heavy atom. The molecule has 2 aromatic carbocycles. The lowest BCUT2D eigenvalue weighted by atomic mass is 10.0. The second-order valence-corrected chi connectivity index (χ2v) is 3.60. The summed E-state index contributed by atoms with van der Waals surface area (Å²) in [5, 5.41) is 10.8. The summed E-state index contributed by atoms with van der Waals surface area (Å²) < 4.78 is 10.7. The van der Waals surface area contributed by atoms with E-state index in [1.165, 1.54) is 0 Å². The van der Waals surface area contributed by atoms with Gasteiger partial charge in [-0.3, -0.25) is 0 Å². The Hall–Kier alpha value is -3.20. The summed E-state index contributed by atoms with van der Waals surface area (Å²) in [5.41, 5.74) is 2.09. The van der Waals surface area contributed by atoms with E-state index in [4.69, 9.17) is 29.9 Å². The third-order valence-electron chi connectivity index (χ3n) is 2.50. The molecule has 2 rings (SSSR count). The van der Waals surface area contributed by atoms with Gasteiger partial charge in [0.05, 0.1) is 14.2 Å². The van der Waals surface area contributed by atoms with E-state index in [0.29, 0.717) is 0 Å². The summed E-state index contributed by atoms with van der Waals surface area (Å²) in [6.07, 6.45) is 1.50. The fraction of sp³-hybridized carbons (Fsp3) is 0.125. The molecule has 0 heterocycles. The van der Waals surface area contributed by atoms with Gasteiger partial charge in [0.2, 0.25) is 12.2 Å². The quantitative estimate of drug-likeness (QED) is 0.671. The first-order valence-electron chi connectivity index (χ1n) is 6.04. The fourth-order valence-corrected chi connectivity index (χ4v) is 1.73. The van der Waals surface area contributed by atoms with E-state index in [-0.39, 0.29) is 0 Å². The van der Waals surface area contributed by atoms with Gasteiger partial charge in [-0.1, -0.05) is 36.4 Å². The molecule has 6 nitrogen and oxygen atoms in total. The number of carbonyl (C=O) groups excluding carboxylic acids is 2. The molecule has 0 aliphatic carbocycles. The van der Waals surface area contributed by atoms with E-state index in [2.05, 4.69) is 0 Å². The summed E-state index contributed by atoms with van der Waals surface area (Å²) in [5.74, 6) is 1.71. The summed E-state index contributed by atoms with van der Waals surface area (Å²) in [6.45, 7) is 0. The third kappa shape index (κ3) is 5.84. The smallest absolute Gasteiger partial charge is 0.231 e. The zero-order valence-corrected chi connectivity index (χ0v) is 12.3. The SMILES string of the molecule is COc1ccccc1-c1ccccc1OC.N=C=O.N=C=O. The van der Waals surface area contributed by atoms with Crippen molar-refractivity contribution in [3.63, 3.8) is 0 Å². The Labute approximate surface area is 128 Å². The van der Waals surface area contributed by atoms with Crippen LogP contribution >= 0.6 is 0 Å². The maximum absolute atomic E-state index is 8.35. The molecule has 0 aliphatic rings. The highest BCUT2D eigenvalue weighted by molar-refractivity contribution is 5.75. The standard InChI is InChI=1S/C14H14O2.2CHNO/c1-15-13-9-5-3-7-11(13)12-8-4-6-10-14(12)16-2;2*2-1-3/h3-10H,1-2H3;2*2H. The lowest BCUT2D eigenvalue weighted by Crippen LogP contribution is -1.90. The van der Waals surface area contributed by atoms with Crippen LogP contribution in [-0.4, -0.2) is 26.4 Å². The van der Waals surface area contributed by atoms with Crippen molar-refractivity contribution in [3.8, 4) is 22.6 Å². The molecule has 0 aliphatic heterocycles. The number of hydrogen-bond donors (Lipinski definition) is 2. The van der Waals surface area contributed by atoms with E-state index in [0.717, 1.165) is 34.8 Å². The number of rotatable bonds is 3. The third-order valence-corrected chi connectivity index (χ3v) is 2.50. The number of methoxy groups -OCH3 is 2. The van der Waals surface area contributed by atoms with Crippen molar-refractivity contribution in [1.29, 1.82) is 10.8 Å². The summed E-state index contributed by atoms with van der Waals surface area (Å²) in [7, 11) is 3.35. The molecule has 2 N–H and O–H groups in total. The molecule has 0 amide bonds. The molecule has 114 valence electrons. The number of ether oxygens (including phenoxy) is 2. The molecule has 2 aromatic rings. The van der Waals surface area contributed by atoms with Crippen molar-refractivity contribution in [2.45, 2.75) is 0 Å². The van der Waals surface area contributed by atoms with Gasteiger partial charge in [0.15, 0.2) is 0 Å². The minimum absolute atomic E-state index is 0.750. The average molecular weight is 300 g/mol. The van der Waals surface area contributed by atoms with Gasteiger partial charge < -0.3 is 9.47 Å². The highest BCUT2D eigenvalue weighted by Gasteiger charge is 2.08. The number of benzene rings is 2. The predicted octanol–water partition coefficient (Wildman–Crippen LogP) is 3.17. The zero-order chi connectivity index (χ0) is 16.8. The molecule has 0 bridgehead atoms. The van der Waals surface area contributed by atoms with Gasteiger partial charge >= 0.3 is 0 Å². The van der Waals surface area contributed by atoms with Gasteiger partial charge in [-0.25, -0.2) is 20.4 Å². The van der Waals surface area contributed by atoms with Crippen molar-refractivity contribution in [3.05, 3.63) is 48.5 Å². The Morgan fingerprint density at radius 2 is 1.00 bits per heavy atom. The van der Waals surface area contributed by atoms with Gasteiger partial charge in [0.1, 0.15) is 11.5 Å². The van der Waals surface area contributed by atoms with E-state index in [9.17, 15) is 0 Å². The van der Waals surface area contributed by atoms with Crippen LogP contribution in [0.5, 0.6) is 11.5 Å². The first-order chi connectivity index (χ1) is 10.7. The molecule has 0 saturated heterocycles. The van der Waals surface area contributed by atoms with Crippen molar-refractivity contribution < 1.29 is 19.1 Å². The Balaban J connectivity index is 0.000000639. The van der Waals surface area contributed by atoms with Gasteiger partial charge in [0.25, 0.3) is 0 Å². The van der Waals surface area contributed by atoms with Crippen molar-refractivity contribution in [2.75, 3.05) is 14.2 Å². The minimum Gasteiger partial charge on any atom is -0.496 e. The summed E-state index contributed by atoms with van der Waals surface area (Å²) in [6, 6.07) is 15.8. The second kappa shape index (κ2) is 11.6. The monoisotopic (exact) mass is 300 g/mol. The molecule has 22 heavy (non-hydrogen) atoms. The lowest BCUT2D eigenvalue weighted by molar-refractivity contribution is 0.410. The van der Waals surface area contributed by atoms with Gasteiger partial charge in [-0.05, 0) is 12.1 Å². The average Bonchev–Trinajstić information content (AvgIpc) is 2.56. The van der Waals surface area contributed by atoms with E-state index < -0.39 is 0 Å². The first-order valence-corrected chi connectivity index (χ1v) is 6.04. The number of hydrogen-bond acceptors (Lipinski definition) is 6. The van der Waals surface area contributed by atoms with Gasteiger partial charge in [-0.2, -0.15) is 0 Å². The maximum Gasteiger partial charge on any atom is 0.231 e. The predicted molar refractivity (Wildman–Crippen MR) is 81.8 cm³/mol. The molecule has 0 unspecified atom stereocenters. The minimum atomic E-state index is 0.750. The first kappa shape index (κ1) is 18.8. The van der Waals surface area contributed by atoms with Gasteiger partial charge in [-0.15, -0.1) is 0 Å². The molecule has 0 fully saturated rings.